The highest BCUT2D eigenvalue weighted by atomic mass is 16.3. The maximum absolute atomic E-state index is 13.9. The number of nitrogens with one attached hydrogen (secondary N) is 6. The summed E-state index contributed by atoms with van der Waals surface area (Å²) >= 11 is 0. The Hall–Kier alpha value is -4.48. The molecule has 1 rings (SSSR count). The Balaban J connectivity index is 3.24. The second kappa shape index (κ2) is 24.0. The molecule has 0 aromatic rings. The summed E-state index contributed by atoms with van der Waals surface area (Å²) in [5, 5.41) is 25.9. The van der Waals surface area contributed by atoms with Gasteiger partial charge < -0.3 is 53.4 Å². The minimum atomic E-state index is -1.43. The summed E-state index contributed by atoms with van der Waals surface area (Å²) in [4.78, 5) is 97.8. The Morgan fingerprint density at radius 1 is 0.774 bits per heavy atom. The van der Waals surface area contributed by atoms with Crippen molar-refractivity contribution >= 4 is 47.3 Å². The molecule has 0 unspecified atom stereocenters. The zero-order chi connectivity index (χ0) is 40.2. The van der Waals surface area contributed by atoms with Gasteiger partial charge in [0, 0.05) is 26.6 Å². The maximum Gasteiger partial charge on any atom is 0.245 e. The molecule has 0 aliphatic carbocycles. The molecule has 11 N–H and O–H groups in total. The number of nitrogens with two attached hydrogens (primary N) is 2. The number of likely N-dealkylation sites (tertiary alicyclic amines) is 1. The number of carbonyl (C=O) groups excluding carboxylic acids is 7. The number of likely N-dealkylation sites (N-methyl/N-ethyl adjacent to an activating group) is 1. The lowest BCUT2D eigenvalue weighted by Crippen LogP contribution is -2.61. The molecule has 302 valence electrons. The second-order valence-corrected chi connectivity index (χ2v) is 13.6. The van der Waals surface area contributed by atoms with Crippen LogP contribution in [0.3, 0.4) is 0 Å². The molecule has 7 amide bonds. The van der Waals surface area contributed by atoms with Crippen molar-refractivity contribution in [2.45, 2.75) is 136 Å². The maximum atomic E-state index is 13.9. The van der Waals surface area contributed by atoms with Gasteiger partial charge in [-0.25, -0.2) is 0 Å². The molecule has 1 saturated heterocycles. The first-order valence-corrected chi connectivity index (χ1v) is 18.8. The first-order chi connectivity index (χ1) is 25.1. The Bertz CT molecular complexity index is 1280. The molecule has 1 fully saturated rings. The van der Waals surface area contributed by atoms with Crippen LogP contribution in [-0.4, -0.2) is 120 Å². The molecule has 8 atom stereocenters. The molecule has 18 heteroatoms. The Morgan fingerprint density at radius 2 is 1.32 bits per heavy atom. The van der Waals surface area contributed by atoms with Crippen LogP contribution in [0.1, 0.15) is 99.8 Å². The highest BCUT2D eigenvalue weighted by Crippen LogP contribution is 2.20. The molecule has 0 radical (unpaired) electrons. The minimum Gasteiger partial charge on any atom is -0.394 e. The lowest BCUT2D eigenvalue weighted by Gasteiger charge is -2.31. The third kappa shape index (κ3) is 15.2. The SMILES string of the molecule is CCC[C@H](NC(=O)[C@H](CO)NC(=O)[C@H](NC(C)=O)[C@@H](C)CC)C(=O)N[C@H](C(=O)N[C@@H](CCCN=C(N)N)C(=O)N1CCC[C@H]1C(=O)NCC)[C@@H](C)CC. The second-order valence-electron chi connectivity index (χ2n) is 13.6. The number of nitrogens with zero attached hydrogens (tertiary/aromatic N) is 2. The first-order valence-electron chi connectivity index (χ1n) is 18.8. The smallest absolute Gasteiger partial charge is 0.245 e. The average molecular weight is 753 g/mol. The van der Waals surface area contributed by atoms with Crippen molar-refractivity contribution < 1.29 is 38.7 Å². The molecule has 0 spiro atoms. The Kier molecular flexibility index (Phi) is 21.0. The van der Waals surface area contributed by atoms with Crippen LogP contribution in [0.15, 0.2) is 4.99 Å². The molecule has 0 aromatic carbocycles. The highest BCUT2D eigenvalue weighted by molar-refractivity contribution is 5.97. The fraction of sp³-hybridized carbons (Fsp3) is 0.771. The van der Waals surface area contributed by atoms with E-state index in [0.29, 0.717) is 51.6 Å². The molecular weight excluding hydrogens is 688 g/mol. The van der Waals surface area contributed by atoms with Crippen molar-refractivity contribution in [3.63, 3.8) is 0 Å². The number of hydrogen-bond donors (Lipinski definition) is 9. The van der Waals surface area contributed by atoms with Gasteiger partial charge in [-0.2, -0.15) is 0 Å². The van der Waals surface area contributed by atoms with E-state index in [1.54, 1.807) is 27.7 Å². The van der Waals surface area contributed by atoms with Crippen LogP contribution in [0.25, 0.3) is 0 Å². The fourth-order valence-electron chi connectivity index (χ4n) is 5.98. The average Bonchev–Trinajstić information content (AvgIpc) is 3.61. The van der Waals surface area contributed by atoms with Gasteiger partial charge in [0.2, 0.25) is 41.4 Å². The zero-order valence-corrected chi connectivity index (χ0v) is 32.5. The van der Waals surface area contributed by atoms with Gasteiger partial charge in [0.25, 0.3) is 0 Å². The highest BCUT2D eigenvalue weighted by Gasteiger charge is 2.39. The number of aliphatic hydroxyl groups is 1. The molecule has 0 saturated carbocycles. The molecule has 53 heavy (non-hydrogen) atoms. The molecular formula is C35H64N10O8. The van der Waals surface area contributed by atoms with E-state index in [0.717, 1.165) is 0 Å². The molecule has 0 aromatic heterocycles. The predicted octanol–water partition coefficient (Wildman–Crippen LogP) is -1.50. The van der Waals surface area contributed by atoms with Gasteiger partial charge in [-0.3, -0.25) is 38.6 Å². The topological polar surface area (TPSA) is 280 Å². The summed E-state index contributed by atoms with van der Waals surface area (Å²) in [6, 6.07) is -6.36. The summed E-state index contributed by atoms with van der Waals surface area (Å²) in [5.41, 5.74) is 10.9. The van der Waals surface area contributed by atoms with Crippen molar-refractivity contribution in [1.29, 1.82) is 0 Å². The van der Waals surface area contributed by atoms with Crippen LogP contribution in [0, 0.1) is 11.8 Å². The zero-order valence-electron chi connectivity index (χ0n) is 32.5. The van der Waals surface area contributed by atoms with Crippen LogP contribution >= 0.6 is 0 Å². The quantitative estimate of drug-likeness (QED) is 0.0331. The molecule has 1 aliphatic heterocycles. The van der Waals surface area contributed by atoms with Gasteiger partial charge in [-0.05, 0) is 50.9 Å². The summed E-state index contributed by atoms with van der Waals surface area (Å²) in [6.45, 7) is 12.2. The standard InChI is InChI=1S/C35H64N10O8/c1-8-14-23(41-30(49)25(19-46)43-32(51)27(20(5)9-2)40-22(7)47)29(48)44-28(21(6)10-3)33(52)42-24(15-12-17-39-35(36)37)34(53)45-18-13-16-26(45)31(50)38-11-4/h20-21,23-28,46H,8-19H2,1-7H3,(H,38,50)(H,40,47)(H,41,49)(H,42,52)(H,43,51)(H,44,48)(H4,36,37,39)/t20-,21-,23-,24-,25-,26-,27+,28-/m0/s1. The van der Waals surface area contributed by atoms with E-state index in [1.165, 1.54) is 11.8 Å². The van der Waals surface area contributed by atoms with Crippen LogP contribution in [0.2, 0.25) is 0 Å². The fourth-order valence-corrected chi connectivity index (χ4v) is 5.98. The normalized spacial score (nSPS) is 17.8. The predicted molar refractivity (Wildman–Crippen MR) is 200 cm³/mol. The number of carbonyl (C=O) groups is 7. The summed E-state index contributed by atoms with van der Waals surface area (Å²) in [5.74, 6) is -4.73. The van der Waals surface area contributed by atoms with Gasteiger partial charge in [0.1, 0.15) is 36.3 Å². The van der Waals surface area contributed by atoms with Crippen LogP contribution < -0.4 is 43.4 Å². The molecule has 1 aliphatic rings. The Morgan fingerprint density at radius 3 is 1.83 bits per heavy atom. The van der Waals surface area contributed by atoms with Crippen LogP contribution in [0.4, 0.5) is 0 Å². The van der Waals surface area contributed by atoms with Crippen molar-refractivity contribution in [3.05, 3.63) is 0 Å². The van der Waals surface area contributed by atoms with E-state index in [9.17, 15) is 38.7 Å². The van der Waals surface area contributed by atoms with E-state index in [1.807, 2.05) is 13.8 Å². The number of rotatable bonds is 23. The van der Waals surface area contributed by atoms with Crippen LogP contribution in [-0.2, 0) is 33.6 Å². The summed E-state index contributed by atoms with van der Waals surface area (Å²) in [6.07, 6.45) is 3.25. The number of aliphatic imine (C=N–C) groups is 1. The van der Waals surface area contributed by atoms with E-state index in [-0.39, 0.29) is 37.2 Å². The largest absolute Gasteiger partial charge is 0.394 e. The number of amides is 7. The lowest BCUT2D eigenvalue weighted by atomic mass is 9.96. The van der Waals surface area contributed by atoms with E-state index < -0.39 is 84.2 Å². The van der Waals surface area contributed by atoms with Crippen molar-refractivity contribution in [3.8, 4) is 0 Å². The summed E-state index contributed by atoms with van der Waals surface area (Å²) in [7, 11) is 0. The van der Waals surface area contributed by atoms with Crippen molar-refractivity contribution in [2.24, 2.45) is 28.3 Å². The van der Waals surface area contributed by atoms with Crippen LogP contribution in [0.5, 0.6) is 0 Å². The van der Waals surface area contributed by atoms with Gasteiger partial charge in [0.05, 0.1) is 6.61 Å². The van der Waals surface area contributed by atoms with Gasteiger partial charge in [0.15, 0.2) is 5.96 Å². The van der Waals surface area contributed by atoms with Gasteiger partial charge >= 0.3 is 0 Å². The van der Waals surface area contributed by atoms with Crippen molar-refractivity contribution in [1.82, 2.24) is 36.8 Å². The van der Waals surface area contributed by atoms with E-state index in [4.69, 9.17) is 11.5 Å². The van der Waals surface area contributed by atoms with Gasteiger partial charge in [-0.1, -0.05) is 53.9 Å². The summed E-state index contributed by atoms with van der Waals surface area (Å²) < 4.78 is 0. The number of aliphatic hydroxyl groups excluding tert-OH is 1. The molecule has 0 bridgehead atoms. The molecule has 1 heterocycles. The lowest BCUT2D eigenvalue weighted by molar-refractivity contribution is -0.142. The number of guanidine groups is 1. The third-order valence-corrected chi connectivity index (χ3v) is 9.42. The minimum absolute atomic E-state index is 0.117. The monoisotopic (exact) mass is 752 g/mol. The number of hydrogen-bond acceptors (Lipinski definition) is 9. The van der Waals surface area contributed by atoms with Crippen molar-refractivity contribution in [2.75, 3.05) is 26.2 Å². The van der Waals surface area contributed by atoms with E-state index >= 15 is 0 Å². The molecule has 18 nitrogen and oxygen atoms in total. The van der Waals surface area contributed by atoms with E-state index in [2.05, 4.69) is 36.9 Å². The Labute approximate surface area is 313 Å². The first kappa shape index (κ1) is 46.5. The van der Waals surface area contributed by atoms with Gasteiger partial charge in [-0.15, -0.1) is 0 Å². The third-order valence-electron chi connectivity index (χ3n) is 9.42.